The highest BCUT2D eigenvalue weighted by molar-refractivity contribution is 5.77. The number of piperazine rings is 1. The predicted molar refractivity (Wildman–Crippen MR) is 156 cm³/mol. The highest BCUT2D eigenvalue weighted by Crippen LogP contribution is 2.49. The third kappa shape index (κ3) is 6.54. The van der Waals surface area contributed by atoms with E-state index in [0.717, 1.165) is 55.5 Å². The monoisotopic (exact) mass is 553 g/mol. The molecule has 2 bridgehead atoms. The van der Waals surface area contributed by atoms with Gasteiger partial charge in [0.15, 0.2) is 0 Å². The summed E-state index contributed by atoms with van der Waals surface area (Å²) in [7, 11) is 0. The number of hydrogen-bond donors (Lipinski definition) is 0. The van der Waals surface area contributed by atoms with Gasteiger partial charge in [0.1, 0.15) is 5.82 Å². The molecule has 6 nitrogen and oxygen atoms in total. The summed E-state index contributed by atoms with van der Waals surface area (Å²) in [5, 5.41) is 9.05. The number of carbonyl (C=O) groups is 1. The van der Waals surface area contributed by atoms with Crippen LogP contribution in [0.5, 0.6) is 0 Å². The maximum atomic E-state index is 13.8. The van der Waals surface area contributed by atoms with Gasteiger partial charge in [0.2, 0.25) is 5.91 Å². The summed E-state index contributed by atoms with van der Waals surface area (Å²) < 4.78 is 15.9. The van der Waals surface area contributed by atoms with E-state index >= 15 is 0 Å². The van der Waals surface area contributed by atoms with Gasteiger partial charge >= 0.3 is 0 Å². The van der Waals surface area contributed by atoms with Crippen molar-refractivity contribution in [3.05, 3.63) is 89.3 Å². The zero-order valence-corrected chi connectivity index (χ0v) is 23.8. The molecule has 3 aromatic rings. The number of rotatable bonds is 8. The van der Waals surface area contributed by atoms with Crippen molar-refractivity contribution in [1.29, 1.82) is 5.26 Å². The Morgan fingerprint density at radius 1 is 0.976 bits per heavy atom. The van der Waals surface area contributed by atoms with Crippen LogP contribution in [0.3, 0.4) is 0 Å². The van der Waals surface area contributed by atoms with Crippen LogP contribution < -0.4 is 0 Å². The van der Waals surface area contributed by atoms with Gasteiger partial charge < -0.3 is 9.47 Å². The first kappa shape index (κ1) is 27.7. The van der Waals surface area contributed by atoms with Gasteiger partial charge in [0, 0.05) is 51.9 Å². The van der Waals surface area contributed by atoms with Crippen LogP contribution >= 0.6 is 0 Å². The van der Waals surface area contributed by atoms with E-state index in [-0.39, 0.29) is 17.6 Å². The number of halogens is 1. The highest BCUT2D eigenvalue weighted by Gasteiger charge is 2.39. The number of aromatic nitrogens is 2. The molecular formula is C34H40FN5O. The van der Waals surface area contributed by atoms with Crippen molar-refractivity contribution in [2.45, 2.75) is 64.0 Å². The first-order chi connectivity index (χ1) is 20.1. The second-order valence-corrected chi connectivity index (χ2v) is 12.4. The fourth-order valence-corrected chi connectivity index (χ4v) is 7.61. The van der Waals surface area contributed by atoms with Gasteiger partial charge in [0.05, 0.1) is 23.7 Å². The number of nitrogens with zero attached hydrogens (tertiary/aromatic N) is 5. The molecule has 4 unspecified atom stereocenters. The highest BCUT2D eigenvalue weighted by atomic mass is 19.1. The number of imidazole rings is 1. The molecule has 2 aromatic carbocycles. The molecule has 0 radical (unpaired) electrons. The van der Waals surface area contributed by atoms with E-state index in [1.165, 1.54) is 38.5 Å². The average molecular weight is 554 g/mol. The van der Waals surface area contributed by atoms with E-state index in [2.05, 4.69) is 20.5 Å². The molecule has 2 heterocycles. The lowest BCUT2D eigenvalue weighted by atomic mass is 9.61. The van der Waals surface area contributed by atoms with Crippen LogP contribution in [0.25, 0.3) is 0 Å². The summed E-state index contributed by atoms with van der Waals surface area (Å²) in [6.07, 6.45) is 12.0. The summed E-state index contributed by atoms with van der Waals surface area (Å²) in [5.74, 6) is 2.26. The molecule has 2 saturated carbocycles. The van der Waals surface area contributed by atoms with E-state index in [0.29, 0.717) is 30.4 Å². The Kier molecular flexibility index (Phi) is 8.48. The Hall–Kier alpha value is -3.50. The fourth-order valence-electron chi connectivity index (χ4n) is 7.61. The van der Waals surface area contributed by atoms with E-state index in [1.54, 1.807) is 12.1 Å². The molecule has 4 atom stereocenters. The maximum absolute atomic E-state index is 13.8. The summed E-state index contributed by atoms with van der Waals surface area (Å²) in [4.78, 5) is 22.5. The molecule has 3 aliphatic rings. The first-order valence-corrected chi connectivity index (χ1v) is 15.3. The van der Waals surface area contributed by atoms with Crippen molar-refractivity contribution in [1.82, 2.24) is 19.4 Å². The van der Waals surface area contributed by atoms with Crippen molar-refractivity contribution < 1.29 is 9.18 Å². The Bertz CT molecular complexity index is 1350. The van der Waals surface area contributed by atoms with Crippen LogP contribution in [0.2, 0.25) is 0 Å². The molecule has 2 aliphatic carbocycles. The molecular weight excluding hydrogens is 513 g/mol. The lowest BCUT2D eigenvalue weighted by Crippen LogP contribution is -2.49. The van der Waals surface area contributed by atoms with Crippen LogP contribution in [0.1, 0.15) is 73.2 Å². The SMILES string of the molecule is N#Cc1ccc(Cn2cncc2CN2CCN(C(=O)CC(c3ccc(F)cc3)C3CCC4CCCC3C4)CC2)cc1. The van der Waals surface area contributed by atoms with Crippen molar-refractivity contribution in [2.75, 3.05) is 26.2 Å². The van der Waals surface area contributed by atoms with Crippen LogP contribution in [-0.4, -0.2) is 51.4 Å². The lowest BCUT2D eigenvalue weighted by molar-refractivity contribution is -0.134. The normalized spacial score (nSPS) is 23.6. The molecule has 6 rings (SSSR count). The van der Waals surface area contributed by atoms with Crippen LogP contribution in [0.4, 0.5) is 4.39 Å². The number of carbonyl (C=O) groups excluding carboxylic acids is 1. The molecule has 0 spiro atoms. The number of fused-ring (bicyclic) bond motifs is 2. The second kappa shape index (κ2) is 12.6. The van der Waals surface area contributed by atoms with Gasteiger partial charge in [-0.25, -0.2) is 9.37 Å². The molecule has 3 fully saturated rings. The van der Waals surface area contributed by atoms with Gasteiger partial charge in [-0.3, -0.25) is 9.69 Å². The second-order valence-electron chi connectivity index (χ2n) is 12.4. The molecule has 1 aromatic heterocycles. The van der Waals surface area contributed by atoms with E-state index in [9.17, 15) is 9.18 Å². The molecule has 41 heavy (non-hydrogen) atoms. The van der Waals surface area contributed by atoms with E-state index in [1.807, 2.05) is 53.8 Å². The number of benzene rings is 2. The largest absolute Gasteiger partial charge is 0.340 e. The third-order valence-corrected chi connectivity index (χ3v) is 9.89. The Morgan fingerprint density at radius 2 is 1.76 bits per heavy atom. The Labute approximate surface area is 242 Å². The summed E-state index contributed by atoms with van der Waals surface area (Å²) in [6.45, 7) is 4.64. The minimum absolute atomic E-state index is 0.168. The quantitative estimate of drug-likeness (QED) is 0.344. The van der Waals surface area contributed by atoms with Crippen molar-refractivity contribution >= 4 is 5.91 Å². The lowest BCUT2D eigenvalue weighted by Gasteiger charge is -2.44. The van der Waals surface area contributed by atoms with Gasteiger partial charge in [0.25, 0.3) is 0 Å². The molecule has 214 valence electrons. The van der Waals surface area contributed by atoms with Crippen molar-refractivity contribution in [3.63, 3.8) is 0 Å². The van der Waals surface area contributed by atoms with Crippen LogP contribution in [0.15, 0.2) is 61.1 Å². The van der Waals surface area contributed by atoms with E-state index in [4.69, 9.17) is 5.26 Å². The maximum Gasteiger partial charge on any atom is 0.223 e. The standard InChI is InChI=1S/C34H40FN5O/c35-30-11-9-28(10-12-30)33(32-13-8-25-2-1-3-29(32)18-25)19-34(41)39-16-14-38(15-17-39)23-31-21-37-24-40(31)22-27-6-4-26(20-36)5-7-27/h4-7,9-12,21,24-25,29,32-33H,1-3,8,13-19,22-23H2. The zero-order chi connectivity index (χ0) is 28.2. The Morgan fingerprint density at radius 3 is 2.51 bits per heavy atom. The topological polar surface area (TPSA) is 65.2 Å². The Balaban J connectivity index is 1.06. The average Bonchev–Trinajstić information content (AvgIpc) is 3.43. The molecule has 1 aliphatic heterocycles. The smallest absolute Gasteiger partial charge is 0.223 e. The van der Waals surface area contributed by atoms with Gasteiger partial charge in [-0.05, 0) is 71.9 Å². The molecule has 1 amide bonds. The van der Waals surface area contributed by atoms with Crippen molar-refractivity contribution in [3.8, 4) is 6.07 Å². The summed E-state index contributed by atoms with van der Waals surface area (Å²) in [6, 6.07) is 16.8. The van der Waals surface area contributed by atoms with Crippen LogP contribution in [0, 0.1) is 34.9 Å². The van der Waals surface area contributed by atoms with Crippen molar-refractivity contribution in [2.24, 2.45) is 17.8 Å². The van der Waals surface area contributed by atoms with Gasteiger partial charge in [-0.2, -0.15) is 5.26 Å². The molecule has 0 N–H and O–H groups in total. The third-order valence-electron chi connectivity index (χ3n) is 9.89. The summed E-state index contributed by atoms with van der Waals surface area (Å²) in [5.41, 5.74) is 4.07. The minimum atomic E-state index is -0.213. The van der Waals surface area contributed by atoms with Gasteiger partial charge in [-0.15, -0.1) is 0 Å². The van der Waals surface area contributed by atoms with Gasteiger partial charge in [-0.1, -0.05) is 49.9 Å². The number of amides is 1. The first-order valence-electron chi connectivity index (χ1n) is 15.3. The van der Waals surface area contributed by atoms with E-state index < -0.39 is 0 Å². The number of hydrogen-bond acceptors (Lipinski definition) is 4. The van der Waals surface area contributed by atoms with Crippen LogP contribution in [-0.2, 0) is 17.9 Å². The fraction of sp³-hybridized carbons (Fsp3) is 0.500. The zero-order valence-electron chi connectivity index (χ0n) is 23.8. The molecule has 1 saturated heterocycles. The summed E-state index contributed by atoms with van der Waals surface area (Å²) >= 11 is 0. The molecule has 7 heteroatoms. The minimum Gasteiger partial charge on any atom is -0.340 e. The number of nitriles is 1. The predicted octanol–water partition coefficient (Wildman–Crippen LogP) is 5.98.